The van der Waals surface area contributed by atoms with Gasteiger partial charge in [-0.15, -0.1) is 0 Å². The average molecular weight is 650 g/mol. The maximum atomic E-state index is 14.3. The van der Waals surface area contributed by atoms with E-state index in [1.54, 1.807) is 24.8 Å². The Balaban J connectivity index is 2.34. The molecule has 0 radical (unpaired) electrons. The van der Waals surface area contributed by atoms with Crippen molar-refractivity contribution >= 4 is 61.1 Å². The topological polar surface area (TPSA) is 58.2 Å². The van der Waals surface area contributed by atoms with Crippen LogP contribution in [0.2, 0.25) is 0 Å². The van der Waals surface area contributed by atoms with Crippen LogP contribution in [0.3, 0.4) is 0 Å². The third-order valence-corrected chi connectivity index (χ3v) is 7.25. The summed E-state index contributed by atoms with van der Waals surface area (Å²) < 4.78 is 79.6. The predicted octanol–water partition coefficient (Wildman–Crippen LogP) is 7.33. The molecule has 2 N–H and O–H groups in total. The van der Waals surface area contributed by atoms with Gasteiger partial charge in [0.05, 0.1) is 16.8 Å². The van der Waals surface area contributed by atoms with Crippen LogP contribution in [0.5, 0.6) is 0 Å². The van der Waals surface area contributed by atoms with Crippen molar-refractivity contribution < 1.29 is 35.9 Å². The number of rotatable bonds is 9. The average Bonchev–Trinajstić information content (AvgIpc) is 2.77. The molecule has 0 aliphatic carbocycles. The number of anilines is 1. The first-order chi connectivity index (χ1) is 16.2. The molecule has 2 rings (SSSR count). The first-order valence-electron chi connectivity index (χ1n) is 10.1. The molecule has 0 saturated heterocycles. The third kappa shape index (κ3) is 6.73. The molecular formula is C22H20Br2F6N2O2S. The minimum atomic E-state index is -5.86. The summed E-state index contributed by atoms with van der Waals surface area (Å²) in [5, 5.41) is 5.19. The van der Waals surface area contributed by atoms with Gasteiger partial charge in [-0.05, 0) is 68.8 Å². The fraction of sp³-hybridized carbons (Fsp3) is 0.364. The third-order valence-electron chi connectivity index (χ3n) is 4.79. The lowest BCUT2D eigenvalue weighted by Gasteiger charge is -2.27. The van der Waals surface area contributed by atoms with Crippen LogP contribution in [0.25, 0.3) is 0 Å². The fourth-order valence-corrected chi connectivity index (χ4v) is 4.72. The molecule has 2 aromatic rings. The van der Waals surface area contributed by atoms with Gasteiger partial charge in [0.15, 0.2) is 0 Å². The Morgan fingerprint density at radius 3 is 2.23 bits per heavy atom. The highest BCUT2D eigenvalue weighted by molar-refractivity contribution is 9.11. The minimum absolute atomic E-state index is 0.0311. The van der Waals surface area contributed by atoms with E-state index in [0.717, 1.165) is 11.8 Å². The molecule has 0 aromatic heterocycles. The lowest BCUT2D eigenvalue weighted by molar-refractivity contribution is -0.274. The van der Waals surface area contributed by atoms with E-state index in [0.29, 0.717) is 22.4 Å². The van der Waals surface area contributed by atoms with Gasteiger partial charge >= 0.3 is 6.18 Å². The number of carbonyl (C=O) groups excluding carboxylic acids is 2. The van der Waals surface area contributed by atoms with Crippen LogP contribution in [-0.2, 0) is 5.67 Å². The molecule has 0 spiro atoms. The van der Waals surface area contributed by atoms with Gasteiger partial charge in [0, 0.05) is 26.3 Å². The van der Waals surface area contributed by atoms with Gasteiger partial charge in [0.1, 0.15) is 0 Å². The Hall–Kier alpha value is -1.73. The van der Waals surface area contributed by atoms with E-state index in [1.165, 1.54) is 12.1 Å². The number of hydrogen-bond donors (Lipinski definition) is 2. The molecule has 2 amide bonds. The highest BCUT2D eigenvalue weighted by Gasteiger charge is 2.64. The zero-order valence-corrected chi connectivity index (χ0v) is 22.3. The Bertz CT molecular complexity index is 1090. The lowest BCUT2D eigenvalue weighted by atomic mass is 9.95. The summed E-state index contributed by atoms with van der Waals surface area (Å²) in [6.07, 6.45) is -10.2. The molecule has 13 heteroatoms. The van der Waals surface area contributed by atoms with Crippen molar-refractivity contribution in [1.82, 2.24) is 5.32 Å². The number of benzene rings is 2. The second-order valence-electron chi connectivity index (χ2n) is 7.36. The Morgan fingerprint density at radius 2 is 1.69 bits per heavy atom. The highest BCUT2D eigenvalue weighted by atomic mass is 79.9. The summed E-state index contributed by atoms with van der Waals surface area (Å²) >= 11 is 7.76. The minimum Gasteiger partial charge on any atom is -0.349 e. The van der Waals surface area contributed by atoms with E-state index in [9.17, 15) is 35.9 Å². The zero-order chi connectivity index (χ0) is 26.6. The van der Waals surface area contributed by atoms with Gasteiger partial charge in [-0.2, -0.15) is 24.9 Å². The van der Waals surface area contributed by atoms with Crippen molar-refractivity contribution in [3.63, 3.8) is 0 Å². The monoisotopic (exact) mass is 648 g/mol. The second-order valence-corrected chi connectivity index (χ2v) is 10.4. The normalized spacial score (nSPS) is 14.4. The van der Waals surface area contributed by atoms with Crippen LogP contribution >= 0.6 is 43.6 Å². The lowest BCUT2D eigenvalue weighted by Crippen LogP contribution is -2.44. The number of nitrogens with one attached hydrogen (secondary N) is 2. The molecule has 0 aliphatic rings. The molecule has 0 heterocycles. The Morgan fingerprint density at radius 1 is 1.03 bits per heavy atom. The number of thioether (sulfide) groups is 1. The summed E-state index contributed by atoms with van der Waals surface area (Å²) in [6.45, 7) is 3.78. The van der Waals surface area contributed by atoms with Crippen molar-refractivity contribution in [2.75, 3.05) is 16.8 Å². The van der Waals surface area contributed by atoms with Crippen molar-refractivity contribution in [1.29, 1.82) is 0 Å². The van der Waals surface area contributed by atoms with Crippen LogP contribution in [-0.4, -0.2) is 42.0 Å². The maximum Gasteiger partial charge on any atom is 0.432 e. The SMILES string of the molecule is CCSC[C@H](C)NC(=O)c1c(Br)cccc1C(=O)Nc1ccc(C(F)(C(F)F)C(F)(F)F)cc1Br. The second kappa shape index (κ2) is 12.0. The standard InChI is InChI=1S/C22H20Br2F6N2O2S/c1-3-35-10-11(2)31-19(34)17-13(5-4-6-14(17)23)18(33)32-16-8-7-12(9-15(16)24)21(27,20(25)26)22(28,29)30/h4-9,11,20H,3,10H2,1-2H3,(H,31,34)(H,32,33)/t11-,21?/m0/s1. The first kappa shape index (κ1) is 29.5. The van der Waals surface area contributed by atoms with Crippen LogP contribution in [0.1, 0.15) is 40.1 Å². The smallest absolute Gasteiger partial charge is 0.349 e. The number of amides is 2. The molecule has 2 aromatic carbocycles. The zero-order valence-electron chi connectivity index (χ0n) is 18.3. The number of halogens is 8. The van der Waals surface area contributed by atoms with Crippen LogP contribution < -0.4 is 10.6 Å². The summed E-state index contributed by atoms with van der Waals surface area (Å²) in [5.74, 6) is 0.197. The summed E-state index contributed by atoms with van der Waals surface area (Å²) in [4.78, 5) is 25.8. The molecule has 2 atom stereocenters. The molecule has 1 unspecified atom stereocenters. The quantitative estimate of drug-likeness (QED) is 0.280. The van der Waals surface area contributed by atoms with Gasteiger partial charge in [-0.25, -0.2) is 13.2 Å². The van der Waals surface area contributed by atoms with Crippen molar-refractivity contribution in [3.05, 3.63) is 62.0 Å². The van der Waals surface area contributed by atoms with Crippen molar-refractivity contribution in [2.45, 2.75) is 38.2 Å². The van der Waals surface area contributed by atoms with Gasteiger partial charge in [0.25, 0.3) is 23.9 Å². The van der Waals surface area contributed by atoms with Gasteiger partial charge in [-0.1, -0.05) is 19.1 Å². The van der Waals surface area contributed by atoms with Crippen LogP contribution in [0.4, 0.5) is 32.0 Å². The number of hydrogen-bond acceptors (Lipinski definition) is 3. The molecular weight excluding hydrogens is 630 g/mol. The molecule has 35 heavy (non-hydrogen) atoms. The summed E-state index contributed by atoms with van der Waals surface area (Å²) in [7, 11) is 0. The fourth-order valence-electron chi connectivity index (χ4n) is 3.02. The molecule has 0 fully saturated rings. The van der Waals surface area contributed by atoms with Crippen LogP contribution in [0, 0.1) is 0 Å². The highest BCUT2D eigenvalue weighted by Crippen LogP contribution is 2.48. The maximum absolute atomic E-state index is 14.3. The Kier molecular flexibility index (Phi) is 10.1. The van der Waals surface area contributed by atoms with E-state index in [4.69, 9.17) is 0 Å². The van der Waals surface area contributed by atoms with E-state index in [2.05, 4.69) is 42.5 Å². The van der Waals surface area contributed by atoms with E-state index >= 15 is 0 Å². The molecule has 0 aliphatic heterocycles. The molecule has 192 valence electrons. The number of alkyl halides is 6. The van der Waals surface area contributed by atoms with Crippen LogP contribution in [0.15, 0.2) is 45.3 Å². The van der Waals surface area contributed by atoms with Gasteiger partial charge < -0.3 is 10.6 Å². The summed E-state index contributed by atoms with van der Waals surface area (Å²) in [6, 6.07) is 6.15. The van der Waals surface area contributed by atoms with Crippen molar-refractivity contribution in [3.8, 4) is 0 Å². The van der Waals surface area contributed by atoms with E-state index in [-0.39, 0.29) is 27.3 Å². The largest absolute Gasteiger partial charge is 0.432 e. The van der Waals surface area contributed by atoms with E-state index in [1.807, 2.05) is 6.92 Å². The number of carbonyl (C=O) groups is 2. The molecule has 4 nitrogen and oxygen atoms in total. The predicted molar refractivity (Wildman–Crippen MR) is 131 cm³/mol. The van der Waals surface area contributed by atoms with Gasteiger partial charge in [0.2, 0.25) is 0 Å². The van der Waals surface area contributed by atoms with E-state index < -0.39 is 35.6 Å². The summed E-state index contributed by atoms with van der Waals surface area (Å²) in [5.41, 5.74) is -6.35. The van der Waals surface area contributed by atoms with Gasteiger partial charge in [-0.3, -0.25) is 9.59 Å². The van der Waals surface area contributed by atoms with Crippen molar-refractivity contribution in [2.24, 2.45) is 0 Å². The Labute approximate surface area is 218 Å². The first-order valence-corrected chi connectivity index (χ1v) is 12.8. The molecule has 0 saturated carbocycles. The molecule has 0 bridgehead atoms.